The van der Waals surface area contributed by atoms with E-state index in [0.717, 1.165) is 16.7 Å². The van der Waals surface area contributed by atoms with Gasteiger partial charge in [-0.3, -0.25) is 24.0 Å². The highest BCUT2D eigenvalue weighted by Crippen LogP contribution is 2.28. The summed E-state index contributed by atoms with van der Waals surface area (Å²) in [4.78, 5) is 105. The predicted molar refractivity (Wildman–Crippen MR) is 215 cm³/mol. The van der Waals surface area contributed by atoms with Gasteiger partial charge in [-0.15, -0.1) is 0 Å². The zero-order valence-electron chi connectivity index (χ0n) is 34.5. The Balaban J connectivity index is 1.35. The fraction of sp³-hybridized carbons (Fsp3) is 0.548. The lowest BCUT2D eigenvalue weighted by Crippen LogP contribution is -2.65. The summed E-state index contributed by atoms with van der Waals surface area (Å²) in [5, 5.41) is 21.9. The molecule has 4 saturated heterocycles. The van der Waals surface area contributed by atoms with E-state index < -0.39 is 90.0 Å². The van der Waals surface area contributed by atoms with Crippen molar-refractivity contribution in [1.82, 2.24) is 35.6 Å². The van der Waals surface area contributed by atoms with Gasteiger partial charge in [-0.05, 0) is 64.8 Å². The first-order valence-electron chi connectivity index (χ1n) is 20.3. The average Bonchev–Trinajstić information content (AvgIpc) is 3.78. The van der Waals surface area contributed by atoms with Crippen LogP contribution in [0.3, 0.4) is 0 Å². The summed E-state index contributed by atoms with van der Waals surface area (Å²) in [6, 6.07) is 6.62. The minimum atomic E-state index is -1.60. The summed E-state index contributed by atoms with van der Waals surface area (Å²) in [7, 11) is 1.81. The zero-order valence-corrected chi connectivity index (χ0v) is 34.5. The van der Waals surface area contributed by atoms with Gasteiger partial charge in [0.15, 0.2) is 0 Å². The minimum Gasteiger partial charge on any atom is -0.458 e. The molecule has 0 saturated carbocycles. The number of aliphatic hydroxyl groups excluding tert-OH is 1. The molecule has 318 valence electrons. The Bertz CT molecular complexity index is 1940. The van der Waals surface area contributed by atoms with Gasteiger partial charge in [0.2, 0.25) is 29.5 Å². The first-order valence-corrected chi connectivity index (χ1v) is 20.3. The van der Waals surface area contributed by atoms with Crippen molar-refractivity contribution in [2.24, 2.45) is 5.92 Å². The topological polar surface area (TPSA) is 210 Å². The normalized spacial score (nSPS) is 28.9. The lowest BCUT2D eigenvalue weighted by molar-refractivity contribution is -0.163. The van der Waals surface area contributed by atoms with E-state index in [1.165, 1.54) is 28.5 Å². The van der Waals surface area contributed by atoms with Gasteiger partial charge < -0.3 is 50.7 Å². The Morgan fingerprint density at radius 3 is 2.25 bits per heavy atom. The summed E-state index contributed by atoms with van der Waals surface area (Å²) in [6.07, 6.45) is -2.31. The highest BCUT2D eigenvalue weighted by Gasteiger charge is 2.49. The van der Waals surface area contributed by atoms with E-state index in [2.05, 4.69) is 21.3 Å². The second-order valence-electron chi connectivity index (χ2n) is 16.6. The number of hydrogen-bond acceptors (Lipinski definition) is 10. The summed E-state index contributed by atoms with van der Waals surface area (Å²) in [6.45, 7) is 9.31. The number of fused-ring (bicyclic) bond motifs is 3. The third-order valence-corrected chi connectivity index (χ3v) is 11.6. The van der Waals surface area contributed by atoms with Gasteiger partial charge in [0.25, 0.3) is 0 Å². The van der Waals surface area contributed by atoms with Crippen molar-refractivity contribution in [3.05, 3.63) is 65.2 Å². The largest absolute Gasteiger partial charge is 0.458 e. The fourth-order valence-corrected chi connectivity index (χ4v) is 8.41. The maximum Gasteiger partial charge on any atom is 0.329 e. The van der Waals surface area contributed by atoms with E-state index in [4.69, 9.17) is 4.74 Å². The Labute approximate surface area is 344 Å². The van der Waals surface area contributed by atoms with Gasteiger partial charge in [0, 0.05) is 51.3 Å². The highest BCUT2D eigenvalue weighted by molar-refractivity contribution is 5.99. The van der Waals surface area contributed by atoms with Crippen molar-refractivity contribution in [3.8, 4) is 0 Å². The van der Waals surface area contributed by atoms with E-state index in [-0.39, 0.29) is 51.4 Å². The molecule has 2 aromatic rings. The molecular formula is C42H56N8O9. The second-order valence-corrected chi connectivity index (χ2v) is 16.6. The number of piperazine rings is 1. The van der Waals surface area contributed by atoms with Gasteiger partial charge in [0.05, 0.1) is 6.10 Å². The molecule has 4 aliphatic heterocycles. The number of ether oxygens (including phenoxy) is 1. The van der Waals surface area contributed by atoms with Gasteiger partial charge in [-0.1, -0.05) is 54.4 Å². The molecule has 4 fully saturated rings. The number of nitrogens with zero attached hydrogens (tertiary/aromatic N) is 4. The number of carbonyl (C=O) groups is 7. The number of amides is 7. The summed E-state index contributed by atoms with van der Waals surface area (Å²) in [5.41, 5.74) is 3.12. The molecule has 4 heterocycles. The highest BCUT2D eigenvalue weighted by atomic mass is 16.5. The van der Waals surface area contributed by atoms with Gasteiger partial charge in [0.1, 0.15) is 42.4 Å². The Morgan fingerprint density at radius 2 is 1.54 bits per heavy atom. The van der Waals surface area contributed by atoms with Gasteiger partial charge in [-0.2, -0.15) is 0 Å². The molecule has 2 aromatic carbocycles. The van der Waals surface area contributed by atoms with Crippen molar-refractivity contribution in [1.29, 1.82) is 0 Å². The maximum absolute atomic E-state index is 14.8. The van der Waals surface area contributed by atoms with Crippen molar-refractivity contribution < 1.29 is 43.4 Å². The first kappa shape index (κ1) is 43.0. The molecule has 17 heteroatoms. The maximum atomic E-state index is 14.8. The van der Waals surface area contributed by atoms with E-state index in [0.29, 0.717) is 12.2 Å². The number of esters is 1. The van der Waals surface area contributed by atoms with Crippen LogP contribution >= 0.6 is 0 Å². The standard InChI is InChI=1S/C42H56N8O9/c1-23-10-12-29(13-11-23)44-42(58)45-31(18-28-9-7-8-24(2)16-28)36(52)46-35-27(5)59-41(57)33-17-25(3)20-49(33)38(54)26(4)43-37(53)34-22-47(6)14-15-48(34)39(55)32-19-30(51)21-50(32)40(35)56/h7-13,16,25-27,30-35,51H,14-15,17-22H2,1-6H3,(H,43,53)(H,46,52)(H2,44,45,58)/t25-,26+,27+,30-,31+,32+,33+,34+,35+/m1/s1. The molecule has 5 N–H and O–H groups in total. The van der Waals surface area contributed by atoms with Crippen LogP contribution in [0.5, 0.6) is 0 Å². The first-order chi connectivity index (χ1) is 28.0. The molecule has 0 aromatic heterocycles. The molecule has 9 atom stereocenters. The summed E-state index contributed by atoms with van der Waals surface area (Å²) in [5.74, 6) is -4.15. The number of aliphatic hydroxyl groups is 1. The molecule has 0 unspecified atom stereocenters. The Kier molecular flexibility index (Phi) is 13.2. The van der Waals surface area contributed by atoms with Crippen LogP contribution in [0.15, 0.2) is 48.5 Å². The van der Waals surface area contributed by atoms with E-state index >= 15 is 0 Å². The SMILES string of the molecule is Cc1ccc(NC(=O)N[C@@H](Cc2cccc(C)c2)C(=O)N[C@@H]2C(=O)N3C[C@H](O)C[C@H]3C(=O)N3CCN(C)C[C@H]3C(=O)N[C@@H](C)C(=O)N3C[C@H](C)C[C@H]3C(=O)O[C@H]2C)cc1. The van der Waals surface area contributed by atoms with E-state index in [9.17, 15) is 38.7 Å². The second kappa shape index (κ2) is 18.2. The minimum absolute atomic E-state index is 0.0233. The number of carbonyl (C=O) groups excluding carboxylic acids is 7. The van der Waals surface area contributed by atoms with E-state index in [1.54, 1.807) is 18.2 Å². The number of anilines is 1. The summed E-state index contributed by atoms with van der Waals surface area (Å²) >= 11 is 0. The smallest absolute Gasteiger partial charge is 0.329 e. The van der Waals surface area contributed by atoms with Crippen molar-refractivity contribution in [2.45, 2.75) is 102 Å². The number of nitrogens with one attached hydrogen (secondary N) is 4. The average molecular weight is 817 g/mol. The summed E-state index contributed by atoms with van der Waals surface area (Å²) < 4.78 is 5.94. The molecule has 59 heavy (non-hydrogen) atoms. The quantitative estimate of drug-likeness (QED) is 0.252. The monoisotopic (exact) mass is 816 g/mol. The van der Waals surface area contributed by atoms with Crippen LogP contribution in [0.2, 0.25) is 0 Å². The number of hydrogen-bond donors (Lipinski definition) is 5. The molecule has 0 spiro atoms. The fourth-order valence-electron chi connectivity index (χ4n) is 8.41. The number of likely N-dealkylation sites (N-methyl/N-ethyl adjacent to an activating group) is 1. The molecule has 7 amide bonds. The molecule has 0 bridgehead atoms. The van der Waals surface area contributed by atoms with Crippen LogP contribution in [0, 0.1) is 19.8 Å². The predicted octanol–water partition coefficient (Wildman–Crippen LogP) is 0.312. The van der Waals surface area contributed by atoms with Crippen LogP contribution in [0.4, 0.5) is 10.5 Å². The molecule has 6 rings (SSSR count). The van der Waals surface area contributed by atoms with Gasteiger partial charge >= 0.3 is 12.0 Å². The number of rotatable bonds is 6. The molecule has 0 aliphatic carbocycles. The Hall–Kier alpha value is -5.55. The van der Waals surface area contributed by atoms with Crippen molar-refractivity contribution in [2.75, 3.05) is 45.1 Å². The van der Waals surface area contributed by atoms with Crippen LogP contribution in [0.25, 0.3) is 0 Å². The van der Waals surface area contributed by atoms with Crippen LogP contribution in [-0.2, 0) is 39.9 Å². The lowest BCUT2D eigenvalue weighted by atomic mass is 10.0. The third-order valence-electron chi connectivity index (χ3n) is 11.6. The van der Waals surface area contributed by atoms with Crippen LogP contribution in [-0.4, -0.2) is 154 Å². The van der Waals surface area contributed by atoms with Gasteiger partial charge in [-0.25, -0.2) is 9.59 Å². The lowest BCUT2D eigenvalue weighted by Gasteiger charge is -2.42. The number of cyclic esters (lactones) is 1. The molecule has 17 nitrogen and oxygen atoms in total. The number of aryl methyl sites for hydroxylation is 2. The molecule has 0 radical (unpaired) electrons. The van der Waals surface area contributed by atoms with Crippen LogP contribution in [0.1, 0.15) is 50.3 Å². The van der Waals surface area contributed by atoms with Crippen molar-refractivity contribution in [3.63, 3.8) is 0 Å². The number of benzene rings is 2. The zero-order chi connectivity index (χ0) is 42.7. The van der Waals surface area contributed by atoms with Crippen molar-refractivity contribution >= 4 is 47.2 Å². The van der Waals surface area contributed by atoms with E-state index in [1.807, 2.05) is 63.1 Å². The van der Waals surface area contributed by atoms with Crippen LogP contribution < -0.4 is 21.3 Å². The molecular weight excluding hydrogens is 761 g/mol. The molecule has 4 aliphatic rings. The Morgan fingerprint density at radius 1 is 0.831 bits per heavy atom. The third kappa shape index (κ3) is 10.0. The number of urea groups is 1.